The van der Waals surface area contributed by atoms with Crippen LogP contribution >= 0.6 is 0 Å². The summed E-state index contributed by atoms with van der Waals surface area (Å²) in [6.45, 7) is 2.64. The maximum absolute atomic E-state index is 17.3. The van der Waals surface area contributed by atoms with E-state index in [2.05, 4.69) is 36.2 Å². The molecule has 0 aromatic heterocycles. The highest BCUT2D eigenvalue weighted by Gasteiger charge is 2.42. The molecule has 0 fully saturated rings. The Balaban J connectivity index is 1.77. The molecule has 1 atom stereocenters. The first-order valence-electron chi connectivity index (χ1n) is 11.4. The van der Waals surface area contributed by atoms with Gasteiger partial charge in [0.05, 0.1) is 0 Å². The molecule has 0 radical (unpaired) electrons. The smallest absolute Gasteiger partial charge is 0.187 e. The number of rotatable bonds is 7. The SMILES string of the molecule is CCc1ccc(C#CC(NCc2ccccc2)C(F)(c2ccccc2)c2ccccc2)cc1. The van der Waals surface area contributed by atoms with Crippen molar-refractivity contribution < 1.29 is 4.39 Å². The molecular weight excluding hydrogens is 405 g/mol. The van der Waals surface area contributed by atoms with Crippen molar-refractivity contribution in [2.75, 3.05) is 0 Å². The number of halogens is 1. The van der Waals surface area contributed by atoms with Crippen LogP contribution in [0, 0.1) is 11.8 Å². The van der Waals surface area contributed by atoms with Gasteiger partial charge in [0, 0.05) is 12.1 Å². The number of hydrogen-bond acceptors (Lipinski definition) is 1. The lowest BCUT2D eigenvalue weighted by Gasteiger charge is -2.32. The number of benzene rings is 4. The van der Waals surface area contributed by atoms with E-state index in [4.69, 9.17) is 0 Å². The zero-order valence-electron chi connectivity index (χ0n) is 18.8. The minimum Gasteiger partial charge on any atom is -0.296 e. The molecule has 33 heavy (non-hydrogen) atoms. The van der Waals surface area contributed by atoms with Crippen LogP contribution in [-0.2, 0) is 18.6 Å². The van der Waals surface area contributed by atoms with E-state index in [1.807, 2.05) is 103 Å². The zero-order valence-corrected chi connectivity index (χ0v) is 18.8. The van der Waals surface area contributed by atoms with Crippen molar-refractivity contribution >= 4 is 0 Å². The van der Waals surface area contributed by atoms with E-state index >= 15 is 4.39 Å². The van der Waals surface area contributed by atoms with Crippen LogP contribution in [0.4, 0.5) is 4.39 Å². The zero-order chi connectivity index (χ0) is 22.9. The maximum Gasteiger partial charge on any atom is 0.187 e. The van der Waals surface area contributed by atoms with Crippen LogP contribution in [0.25, 0.3) is 0 Å². The first kappa shape index (κ1) is 22.5. The lowest BCUT2D eigenvalue weighted by Crippen LogP contribution is -2.45. The van der Waals surface area contributed by atoms with Gasteiger partial charge in [-0.1, -0.05) is 122 Å². The number of nitrogens with one attached hydrogen (secondary N) is 1. The predicted octanol–water partition coefficient (Wildman–Crippen LogP) is 6.67. The lowest BCUT2D eigenvalue weighted by molar-refractivity contribution is 0.180. The van der Waals surface area contributed by atoms with Crippen molar-refractivity contribution in [1.82, 2.24) is 5.32 Å². The van der Waals surface area contributed by atoms with Gasteiger partial charge in [-0.05, 0) is 40.8 Å². The summed E-state index contributed by atoms with van der Waals surface area (Å²) >= 11 is 0. The van der Waals surface area contributed by atoms with E-state index in [0.29, 0.717) is 17.7 Å². The van der Waals surface area contributed by atoms with Gasteiger partial charge in [-0.25, -0.2) is 4.39 Å². The molecule has 0 aliphatic heterocycles. The number of alkyl halides is 1. The summed E-state index contributed by atoms with van der Waals surface area (Å²) in [6.07, 6.45) is 0.977. The van der Waals surface area contributed by atoms with Gasteiger partial charge in [-0.3, -0.25) is 5.32 Å². The van der Waals surface area contributed by atoms with Crippen molar-refractivity contribution in [3.8, 4) is 11.8 Å². The molecule has 0 amide bonds. The molecule has 4 rings (SSSR count). The highest BCUT2D eigenvalue weighted by molar-refractivity contribution is 5.44. The third-order valence-electron chi connectivity index (χ3n) is 5.86. The molecule has 0 bridgehead atoms. The van der Waals surface area contributed by atoms with Gasteiger partial charge >= 0.3 is 0 Å². The van der Waals surface area contributed by atoms with Crippen LogP contribution in [-0.4, -0.2) is 6.04 Å². The van der Waals surface area contributed by atoms with Crippen LogP contribution in [0.15, 0.2) is 115 Å². The van der Waals surface area contributed by atoms with Crippen LogP contribution in [0.1, 0.15) is 34.7 Å². The molecule has 2 heteroatoms. The molecule has 0 spiro atoms. The summed E-state index contributed by atoms with van der Waals surface area (Å²) in [5.41, 5.74) is 2.55. The molecule has 4 aromatic carbocycles. The normalized spacial score (nSPS) is 11.9. The van der Waals surface area contributed by atoms with E-state index < -0.39 is 11.7 Å². The summed E-state index contributed by atoms with van der Waals surface area (Å²) in [4.78, 5) is 0. The van der Waals surface area contributed by atoms with Crippen LogP contribution in [0.2, 0.25) is 0 Å². The standard InChI is InChI=1S/C31H28FN/c1-2-25-18-20-26(21-19-25)22-23-30(33-24-27-12-6-3-7-13-27)31(32,28-14-8-4-9-15-28)29-16-10-5-11-17-29/h3-21,30,33H,2,24H2,1H3. The van der Waals surface area contributed by atoms with E-state index in [1.165, 1.54) is 5.56 Å². The minimum absolute atomic E-state index is 0.514. The maximum atomic E-state index is 17.3. The van der Waals surface area contributed by atoms with Crippen molar-refractivity contribution in [1.29, 1.82) is 0 Å². The molecule has 0 aliphatic carbocycles. The first-order chi connectivity index (χ1) is 16.2. The average Bonchev–Trinajstić information content (AvgIpc) is 2.90. The van der Waals surface area contributed by atoms with Crippen molar-refractivity contribution in [2.24, 2.45) is 0 Å². The lowest BCUT2D eigenvalue weighted by atomic mass is 9.81. The minimum atomic E-state index is -1.83. The van der Waals surface area contributed by atoms with Crippen LogP contribution < -0.4 is 5.32 Å². The second-order valence-corrected chi connectivity index (χ2v) is 8.06. The Hall–Kier alpha value is -3.67. The first-order valence-corrected chi connectivity index (χ1v) is 11.4. The number of aryl methyl sites for hydroxylation is 1. The van der Waals surface area contributed by atoms with E-state index in [-0.39, 0.29) is 0 Å². The average molecular weight is 434 g/mol. The Morgan fingerprint density at radius 1 is 0.697 bits per heavy atom. The van der Waals surface area contributed by atoms with Gasteiger partial charge in [0.1, 0.15) is 6.04 Å². The highest BCUT2D eigenvalue weighted by atomic mass is 19.1. The summed E-state index contributed by atoms with van der Waals surface area (Å²) in [7, 11) is 0. The fourth-order valence-electron chi connectivity index (χ4n) is 3.95. The summed E-state index contributed by atoms with van der Waals surface area (Å²) < 4.78 is 17.3. The molecule has 0 saturated carbocycles. The van der Waals surface area contributed by atoms with Gasteiger partial charge in [-0.2, -0.15) is 0 Å². The van der Waals surface area contributed by atoms with Gasteiger partial charge < -0.3 is 0 Å². The highest BCUT2D eigenvalue weighted by Crippen LogP contribution is 2.37. The molecule has 0 aliphatic rings. The molecule has 0 saturated heterocycles. The summed E-state index contributed by atoms with van der Waals surface area (Å²) in [6, 6.07) is 36.1. The van der Waals surface area contributed by atoms with Crippen molar-refractivity contribution in [2.45, 2.75) is 31.6 Å². The molecule has 1 nitrogen and oxygen atoms in total. The second-order valence-electron chi connectivity index (χ2n) is 8.06. The van der Waals surface area contributed by atoms with E-state index in [9.17, 15) is 0 Å². The third-order valence-corrected chi connectivity index (χ3v) is 5.86. The Labute approximate surface area is 196 Å². The fraction of sp³-hybridized carbons (Fsp3) is 0.161. The Morgan fingerprint density at radius 2 is 1.21 bits per heavy atom. The van der Waals surface area contributed by atoms with E-state index in [0.717, 1.165) is 17.5 Å². The summed E-state index contributed by atoms with van der Waals surface area (Å²) in [5, 5.41) is 3.42. The largest absolute Gasteiger partial charge is 0.296 e. The third kappa shape index (κ3) is 5.40. The molecule has 1 N–H and O–H groups in total. The molecular formula is C31H28FN. The Morgan fingerprint density at radius 3 is 1.73 bits per heavy atom. The quantitative estimate of drug-likeness (QED) is 0.321. The number of hydrogen-bond donors (Lipinski definition) is 1. The van der Waals surface area contributed by atoms with Gasteiger partial charge in [0.2, 0.25) is 0 Å². The van der Waals surface area contributed by atoms with Gasteiger partial charge in [0.15, 0.2) is 5.67 Å². The second kappa shape index (κ2) is 10.8. The fourth-order valence-corrected chi connectivity index (χ4v) is 3.95. The van der Waals surface area contributed by atoms with Crippen molar-refractivity contribution in [3.05, 3.63) is 143 Å². The Kier molecular flexibility index (Phi) is 7.35. The van der Waals surface area contributed by atoms with Crippen molar-refractivity contribution in [3.63, 3.8) is 0 Å². The summed E-state index contributed by atoms with van der Waals surface area (Å²) in [5.74, 6) is 6.47. The predicted molar refractivity (Wildman–Crippen MR) is 135 cm³/mol. The van der Waals surface area contributed by atoms with Gasteiger partial charge in [-0.15, -0.1) is 0 Å². The Bertz CT molecular complexity index is 1150. The van der Waals surface area contributed by atoms with E-state index in [1.54, 1.807) is 0 Å². The topological polar surface area (TPSA) is 12.0 Å². The van der Waals surface area contributed by atoms with Crippen LogP contribution in [0.3, 0.4) is 0 Å². The molecule has 4 aromatic rings. The molecule has 0 heterocycles. The monoisotopic (exact) mass is 433 g/mol. The molecule has 164 valence electrons. The van der Waals surface area contributed by atoms with Crippen LogP contribution in [0.5, 0.6) is 0 Å². The van der Waals surface area contributed by atoms with Gasteiger partial charge in [0.25, 0.3) is 0 Å². The molecule has 1 unspecified atom stereocenters.